The SMILES string of the molecule is O=C(Oc1cccc(Cl)c1Cl)c1ccc(F)cc1. The Hall–Kier alpha value is -1.58. The van der Waals surface area contributed by atoms with Crippen molar-refractivity contribution < 1.29 is 13.9 Å². The smallest absolute Gasteiger partial charge is 0.343 e. The van der Waals surface area contributed by atoms with Gasteiger partial charge in [-0.2, -0.15) is 0 Å². The Morgan fingerprint density at radius 1 is 1.06 bits per heavy atom. The number of hydrogen-bond donors (Lipinski definition) is 0. The van der Waals surface area contributed by atoms with Crippen molar-refractivity contribution >= 4 is 29.2 Å². The maximum atomic E-state index is 12.7. The monoisotopic (exact) mass is 284 g/mol. The average molecular weight is 285 g/mol. The number of rotatable bonds is 2. The molecule has 0 spiro atoms. The van der Waals surface area contributed by atoms with Gasteiger partial charge in [0.15, 0.2) is 5.75 Å². The van der Waals surface area contributed by atoms with Gasteiger partial charge in [0.05, 0.1) is 10.6 Å². The van der Waals surface area contributed by atoms with Crippen LogP contribution in [0, 0.1) is 5.82 Å². The van der Waals surface area contributed by atoms with Gasteiger partial charge < -0.3 is 4.74 Å². The number of hydrogen-bond acceptors (Lipinski definition) is 2. The average Bonchev–Trinajstić information content (AvgIpc) is 2.36. The third-order valence-corrected chi connectivity index (χ3v) is 3.00. The second-order valence-electron chi connectivity index (χ2n) is 3.45. The summed E-state index contributed by atoms with van der Waals surface area (Å²) < 4.78 is 17.8. The van der Waals surface area contributed by atoms with Crippen molar-refractivity contribution in [1.29, 1.82) is 0 Å². The van der Waals surface area contributed by atoms with Crippen LogP contribution in [-0.2, 0) is 0 Å². The Kier molecular flexibility index (Phi) is 3.84. The lowest BCUT2D eigenvalue weighted by Gasteiger charge is -2.06. The predicted molar refractivity (Wildman–Crippen MR) is 67.8 cm³/mol. The van der Waals surface area contributed by atoms with Crippen LogP contribution >= 0.6 is 23.2 Å². The van der Waals surface area contributed by atoms with Gasteiger partial charge in [0.2, 0.25) is 0 Å². The van der Waals surface area contributed by atoms with Gasteiger partial charge in [0.25, 0.3) is 0 Å². The number of carbonyl (C=O) groups is 1. The summed E-state index contributed by atoms with van der Waals surface area (Å²) >= 11 is 11.7. The zero-order valence-corrected chi connectivity index (χ0v) is 10.5. The molecule has 0 N–H and O–H groups in total. The van der Waals surface area contributed by atoms with Crippen molar-refractivity contribution in [3.8, 4) is 5.75 Å². The first-order valence-electron chi connectivity index (χ1n) is 4.99. The molecule has 0 bridgehead atoms. The van der Waals surface area contributed by atoms with Crippen molar-refractivity contribution in [1.82, 2.24) is 0 Å². The van der Waals surface area contributed by atoms with E-state index in [-0.39, 0.29) is 16.3 Å². The van der Waals surface area contributed by atoms with Crippen molar-refractivity contribution in [2.75, 3.05) is 0 Å². The van der Waals surface area contributed by atoms with E-state index in [1.807, 2.05) is 0 Å². The molecule has 0 aliphatic rings. The molecule has 0 unspecified atom stereocenters. The van der Waals surface area contributed by atoms with Gasteiger partial charge in [-0.3, -0.25) is 0 Å². The molecule has 2 aromatic rings. The Morgan fingerprint density at radius 2 is 1.72 bits per heavy atom. The van der Waals surface area contributed by atoms with Crippen LogP contribution in [0.5, 0.6) is 5.75 Å². The van der Waals surface area contributed by atoms with E-state index < -0.39 is 11.8 Å². The number of halogens is 3. The maximum Gasteiger partial charge on any atom is 0.343 e. The first-order valence-corrected chi connectivity index (χ1v) is 5.75. The molecule has 0 saturated carbocycles. The quantitative estimate of drug-likeness (QED) is 0.605. The van der Waals surface area contributed by atoms with Gasteiger partial charge in [0.1, 0.15) is 10.8 Å². The molecular weight excluding hydrogens is 278 g/mol. The zero-order chi connectivity index (χ0) is 13.1. The Balaban J connectivity index is 2.21. The van der Waals surface area contributed by atoms with E-state index in [9.17, 15) is 9.18 Å². The minimum atomic E-state index is -0.626. The fourth-order valence-electron chi connectivity index (χ4n) is 1.31. The summed E-state index contributed by atoms with van der Waals surface area (Å²) in [7, 11) is 0. The molecule has 0 heterocycles. The van der Waals surface area contributed by atoms with Gasteiger partial charge in [-0.15, -0.1) is 0 Å². The van der Waals surface area contributed by atoms with Crippen LogP contribution in [0.1, 0.15) is 10.4 Å². The summed E-state index contributed by atoms with van der Waals surface area (Å²) in [4.78, 5) is 11.7. The lowest BCUT2D eigenvalue weighted by molar-refractivity contribution is 0.0735. The molecule has 0 aliphatic heterocycles. The maximum absolute atomic E-state index is 12.7. The highest BCUT2D eigenvalue weighted by atomic mass is 35.5. The highest BCUT2D eigenvalue weighted by Gasteiger charge is 2.12. The van der Waals surface area contributed by atoms with Crippen molar-refractivity contribution in [2.24, 2.45) is 0 Å². The molecular formula is C13H7Cl2FO2. The number of esters is 1. The highest BCUT2D eigenvalue weighted by Crippen LogP contribution is 2.31. The summed E-state index contributed by atoms with van der Waals surface area (Å²) in [6.45, 7) is 0. The fraction of sp³-hybridized carbons (Fsp3) is 0. The zero-order valence-electron chi connectivity index (χ0n) is 8.99. The fourth-order valence-corrected chi connectivity index (χ4v) is 1.64. The van der Waals surface area contributed by atoms with Gasteiger partial charge in [0, 0.05) is 0 Å². The molecule has 0 aliphatic carbocycles. The third-order valence-electron chi connectivity index (χ3n) is 2.20. The van der Waals surface area contributed by atoms with E-state index in [0.29, 0.717) is 5.02 Å². The normalized spacial score (nSPS) is 10.2. The lowest BCUT2D eigenvalue weighted by Crippen LogP contribution is -2.08. The van der Waals surface area contributed by atoms with Crippen LogP contribution in [0.25, 0.3) is 0 Å². The van der Waals surface area contributed by atoms with E-state index in [4.69, 9.17) is 27.9 Å². The Labute approximate surface area is 113 Å². The number of carbonyl (C=O) groups excluding carboxylic acids is 1. The third kappa shape index (κ3) is 2.81. The van der Waals surface area contributed by atoms with E-state index in [0.717, 1.165) is 0 Å². The molecule has 0 amide bonds. The summed E-state index contributed by atoms with van der Waals surface area (Å²) in [5, 5.41) is 0.454. The van der Waals surface area contributed by atoms with Gasteiger partial charge in [-0.1, -0.05) is 29.3 Å². The molecule has 0 saturated heterocycles. The first-order chi connectivity index (χ1) is 8.58. The minimum Gasteiger partial charge on any atom is -0.421 e. The molecule has 2 aromatic carbocycles. The van der Waals surface area contributed by atoms with E-state index in [1.165, 1.54) is 30.3 Å². The molecule has 92 valence electrons. The summed E-state index contributed by atoms with van der Waals surface area (Å²) in [6, 6.07) is 9.73. The summed E-state index contributed by atoms with van der Waals surface area (Å²) in [5.41, 5.74) is 0.229. The van der Waals surface area contributed by atoms with Crippen LogP contribution in [0.4, 0.5) is 4.39 Å². The first kappa shape index (κ1) is 12.9. The summed E-state index contributed by atoms with van der Waals surface area (Å²) in [5.74, 6) is -0.884. The lowest BCUT2D eigenvalue weighted by atomic mass is 10.2. The van der Waals surface area contributed by atoms with E-state index in [1.54, 1.807) is 12.1 Å². The van der Waals surface area contributed by atoms with E-state index in [2.05, 4.69) is 0 Å². The number of benzene rings is 2. The second kappa shape index (κ2) is 5.38. The van der Waals surface area contributed by atoms with Gasteiger partial charge >= 0.3 is 5.97 Å². The molecule has 0 atom stereocenters. The molecule has 0 fully saturated rings. The van der Waals surface area contributed by atoms with Gasteiger partial charge in [-0.25, -0.2) is 9.18 Å². The van der Waals surface area contributed by atoms with E-state index >= 15 is 0 Å². The van der Waals surface area contributed by atoms with Crippen molar-refractivity contribution in [2.45, 2.75) is 0 Å². The molecule has 2 rings (SSSR count). The van der Waals surface area contributed by atoms with Crippen LogP contribution in [0.3, 0.4) is 0 Å². The van der Waals surface area contributed by atoms with Crippen molar-refractivity contribution in [3.05, 3.63) is 63.9 Å². The topological polar surface area (TPSA) is 26.3 Å². The highest BCUT2D eigenvalue weighted by molar-refractivity contribution is 6.43. The molecule has 5 heteroatoms. The Morgan fingerprint density at radius 3 is 2.39 bits per heavy atom. The number of ether oxygens (including phenoxy) is 1. The molecule has 18 heavy (non-hydrogen) atoms. The molecule has 0 radical (unpaired) electrons. The van der Waals surface area contributed by atoms with Crippen LogP contribution in [0.2, 0.25) is 10.0 Å². The molecule has 0 aromatic heterocycles. The Bertz CT molecular complexity index is 582. The van der Waals surface area contributed by atoms with Crippen LogP contribution in [0.15, 0.2) is 42.5 Å². The van der Waals surface area contributed by atoms with Crippen LogP contribution < -0.4 is 4.74 Å². The minimum absolute atomic E-state index is 0.162. The van der Waals surface area contributed by atoms with Crippen LogP contribution in [-0.4, -0.2) is 5.97 Å². The van der Waals surface area contributed by atoms with Crippen molar-refractivity contribution in [3.63, 3.8) is 0 Å². The second-order valence-corrected chi connectivity index (χ2v) is 4.23. The standard InChI is InChI=1S/C13H7Cl2FO2/c14-10-2-1-3-11(12(10)15)18-13(17)8-4-6-9(16)7-5-8/h1-7H. The largest absolute Gasteiger partial charge is 0.421 e. The van der Waals surface area contributed by atoms with Gasteiger partial charge in [-0.05, 0) is 36.4 Å². The summed E-state index contributed by atoms with van der Waals surface area (Å²) in [6.07, 6.45) is 0. The molecule has 2 nitrogen and oxygen atoms in total. The predicted octanol–water partition coefficient (Wildman–Crippen LogP) is 4.35.